The number of anilines is 1. The van der Waals surface area contributed by atoms with Crippen molar-refractivity contribution in [3.8, 4) is 5.75 Å². The average Bonchev–Trinajstić information content (AvgIpc) is 3.01. The molecule has 10 nitrogen and oxygen atoms in total. The van der Waals surface area contributed by atoms with Crippen LogP contribution in [0.2, 0.25) is 0 Å². The van der Waals surface area contributed by atoms with Crippen LogP contribution >= 0.6 is 7.82 Å². The number of aliphatic hydroxyl groups excluding tert-OH is 1. The highest BCUT2D eigenvalue weighted by molar-refractivity contribution is 7.49. The predicted molar refractivity (Wildman–Crippen MR) is 98.0 cm³/mol. The number of aliphatic hydroxyl groups is 1. The number of nitrogens with zero attached hydrogens (tertiary/aromatic N) is 2. The second kappa shape index (κ2) is 8.12. The maximum atomic E-state index is 14.9. The number of fused-ring (bicyclic) bond motifs is 1. The molecule has 174 valence electrons. The summed E-state index contributed by atoms with van der Waals surface area (Å²) in [6.45, 7) is -1.62. The molecule has 0 spiro atoms. The topological polar surface area (TPSA) is 135 Å². The number of halogens is 4. The van der Waals surface area contributed by atoms with E-state index in [1.165, 1.54) is 6.07 Å². The van der Waals surface area contributed by atoms with Gasteiger partial charge in [0.25, 0.3) is 6.43 Å². The first-order valence-electron chi connectivity index (χ1n) is 9.05. The third kappa shape index (κ3) is 3.77. The van der Waals surface area contributed by atoms with Crippen LogP contribution in [-0.2, 0) is 25.0 Å². The highest BCUT2D eigenvalue weighted by atomic mass is 31.2. The van der Waals surface area contributed by atoms with Crippen molar-refractivity contribution in [1.82, 2.24) is 9.55 Å². The molecule has 3 N–H and O–H groups in total. The maximum Gasteiger partial charge on any atom is 0.530 e. The van der Waals surface area contributed by atoms with Crippen molar-refractivity contribution < 1.29 is 45.5 Å². The summed E-state index contributed by atoms with van der Waals surface area (Å²) in [4.78, 5) is 15.1. The van der Waals surface area contributed by atoms with Gasteiger partial charge in [-0.2, -0.15) is 4.98 Å². The number of ether oxygens (including phenoxy) is 1. The fourth-order valence-electron chi connectivity index (χ4n) is 3.25. The minimum Gasteiger partial charge on any atom is -0.404 e. The zero-order valence-corrected chi connectivity index (χ0v) is 16.8. The summed E-state index contributed by atoms with van der Waals surface area (Å²) in [7, 11) is -4.46. The summed E-state index contributed by atoms with van der Waals surface area (Å²) in [6, 6.07) is 6.27. The lowest BCUT2D eigenvalue weighted by atomic mass is 9.98. The number of aromatic nitrogens is 2. The second-order valence-corrected chi connectivity index (χ2v) is 8.61. The number of nitrogens with two attached hydrogens (primary N) is 1. The van der Waals surface area contributed by atoms with Crippen LogP contribution in [0.4, 0.5) is 23.4 Å². The van der Waals surface area contributed by atoms with E-state index in [1.807, 2.05) is 0 Å². The molecule has 15 heteroatoms. The molecular weight excluding hydrogens is 465 g/mol. The Bertz CT molecular complexity index is 1140. The Morgan fingerprint density at radius 1 is 1.41 bits per heavy atom. The molecule has 4 rings (SSSR count). The molecule has 0 radical (unpaired) electrons. The van der Waals surface area contributed by atoms with Crippen LogP contribution in [0.3, 0.4) is 0 Å². The predicted octanol–water partition coefficient (Wildman–Crippen LogP) is 1.93. The number of rotatable bonds is 5. The Hall–Kier alpha value is -2.51. The molecule has 5 atom stereocenters. The number of alkyl halides is 3. The van der Waals surface area contributed by atoms with Gasteiger partial charge in [0.05, 0.1) is 19.4 Å². The summed E-state index contributed by atoms with van der Waals surface area (Å²) in [5, 5.41) is 10.1. The first kappa shape index (κ1) is 22.7. The van der Waals surface area contributed by atoms with E-state index in [2.05, 4.69) is 4.98 Å². The molecule has 2 aliphatic heterocycles. The van der Waals surface area contributed by atoms with Crippen molar-refractivity contribution in [2.75, 3.05) is 12.3 Å². The van der Waals surface area contributed by atoms with E-state index >= 15 is 0 Å². The standard InChI is InChI=1S/C17H16F4N3O7P/c18-9-5-24(16(26)23-13(9)22)14-11(25)12(19)17(30-14,15(20)21)7-29-32(27)28-6-8-3-1-2-4-10(8)31-32/h1-5,11-12,14-15,25H,6-7H2,(H2,22,23,26)/t11-,12-,14-,17-,32?/m1/s1. The van der Waals surface area contributed by atoms with E-state index in [0.717, 1.165) is 0 Å². The fraction of sp³-hybridized carbons (Fsp3) is 0.412. The van der Waals surface area contributed by atoms with Crippen LogP contribution in [0, 0.1) is 5.82 Å². The van der Waals surface area contributed by atoms with E-state index in [-0.39, 0.29) is 16.9 Å². The van der Waals surface area contributed by atoms with Gasteiger partial charge >= 0.3 is 13.5 Å². The van der Waals surface area contributed by atoms with Gasteiger partial charge in [0.1, 0.15) is 11.9 Å². The molecule has 1 unspecified atom stereocenters. The van der Waals surface area contributed by atoms with Crippen molar-refractivity contribution in [2.45, 2.75) is 37.1 Å². The number of para-hydroxylation sites is 1. The van der Waals surface area contributed by atoms with Gasteiger partial charge in [-0.15, -0.1) is 0 Å². The minimum absolute atomic E-state index is 0.116. The highest BCUT2D eigenvalue weighted by Crippen LogP contribution is 2.56. The maximum absolute atomic E-state index is 14.9. The summed E-state index contributed by atoms with van der Waals surface area (Å²) < 4.78 is 89.5. The SMILES string of the molecule is Nc1nc(=O)n([C@@H]2O[C@@](COP3(=O)OCc4ccccc4O3)(C(F)F)[C@H](F)[C@H]2O)cc1F. The largest absolute Gasteiger partial charge is 0.530 e. The molecule has 2 aliphatic rings. The molecule has 1 fully saturated rings. The van der Waals surface area contributed by atoms with Crippen molar-refractivity contribution in [3.63, 3.8) is 0 Å². The van der Waals surface area contributed by atoms with E-state index in [9.17, 15) is 32.0 Å². The molecular formula is C17H16F4N3O7P. The number of phosphoric ester groups is 1. The van der Waals surface area contributed by atoms with Crippen LogP contribution in [0.15, 0.2) is 35.3 Å². The molecule has 1 saturated heterocycles. The lowest BCUT2D eigenvalue weighted by molar-refractivity contribution is -0.185. The average molecular weight is 481 g/mol. The Labute approximate surface area is 177 Å². The Morgan fingerprint density at radius 2 is 2.12 bits per heavy atom. The molecule has 0 saturated carbocycles. The molecule has 32 heavy (non-hydrogen) atoms. The molecule has 0 bridgehead atoms. The summed E-state index contributed by atoms with van der Waals surface area (Å²) >= 11 is 0. The lowest BCUT2D eigenvalue weighted by Gasteiger charge is -2.32. The van der Waals surface area contributed by atoms with E-state index < -0.39 is 62.3 Å². The van der Waals surface area contributed by atoms with Crippen LogP contribution in [0.25, 0.3) is 0 Å². The summed E-state index contributed by atoms with van der Waals surface area (Å²) in [6.07, 6.45) is -10.5. The first-order chi connectivity index (χ1) is 15.1. The second-order valence-electron chi connectivity index (χ2n) is 7.01. The highest BCUT2D eigenvalue weighted by Gasteiger charge is 2.63. The number of phosphoric acid groups is 1. The molecule has 0 aliphatic carbocycles. The van der Waals surface area contributed by atoms with Crippen molar-refractivity contribution in [1.29, 1.82) is 0 Å². The van der Waals surface area contributed by atoms with Crippen LogP contribution in [-0.4, -0.2) is 45.6 Å². The minimum atomic E-state index is -4.46. The number of nitrogen functional groups attached to an aromatic ring is 1. The molecule has 2 aromatic rings. The zero-order valence-electron chi connectivity index (χ0n) is 15.9. The van der Waals surface area contributed by atoms with E-state index in [1.54, 1.807) is 18.2 Å². The normalized spacial score (nSPS) is 32.0. The molecule has 1 aromatic heterocycles. The van der Waals surface area contributed by atoms with Gasteiger partial charge in [0.2, 0.25) is 0 Å². The van der Waals surface area contributed by atoms with Gasteiger partial charge < -0.3 is 20.1 Å². The Morgan fingerprint density at radius 3 is 2.84 bits per heavy atom. The van der Waals surface area contributed by atoms with Crippen molar-refractivity contribution in [2.24, 2.45) is 0 Å². The fourth-order valence-corrected chi connectivity index (χ4v) is 4.51. The van der Waals surface area contributed by atoms with Crippen LogP contribution < -0.4 is 15.9 Å². The summed E-state index contributed by atoms with van der Waals surface area (Å²) in [5.41, 5.74) is 1.19. The monoisotopic (exact) mass is 481 g/mol. The third-order valence-corrected chi connectivity index (χ3v) is 6.30. The quantitative estimate of drug-likeness (QED) is 0.485. The van der Waals surface area contributed by atoms with Gasteiger partial charge in [0.15, 0.2) is 29.6 Å². The van der Waals surface area contributed by atoms with Gasteiger partial charge in [-0.3, -0.25) is 13.6 Å². The van der Waals surface area contributed by atoms with E-state index in [0.29, 0.717) is 11.8 Å². The van der Waals surface area contributed by atoms with Crippen LogP contribution in [0.5, 0.6) is 5.75 Å². The first-order valence-corrected chi connectivity index (χ1v) is 10.5. The Kier molecular flexibility index (Phi) is 5.75. The summed E-state index contributed by atoms with van der Waals surface area (Å²) in [5.74, 6) is -1.90. The molecule has 1 aromatic carbocycles. The lowest BCUT2D eigenvalue weighted by Crippen LogP contribution is -2.50. The molecule has 3 heterocycles. The third-order valence-electron chi connectivity index (χ3n) is 4.99. The van der Waals surface area contributed by atoms with Crippen molar-refractivity contribution >= 4 is 13.6 Å². The number of hydrogen-bond acceptors (Lipinski definition) is 9. The molecule has 0 amide bonds. The van der Waals surface area contributed by atoms with Crippen LogP contribution in [0.1, 0.15) is 11.8 Å². The number of benzene rings is 1. The van der Waals surface area contributed by atoms with Gasteiger partial charge in [0, 0.05) is 5.56 Å². The van der Waals surface area contributed by atoms with Gasteiger partial charge in [-0.05, 0) is 6.07 Å². The smallest absolute Gasteiger partial charge is 0.404 e. The van der Waals surface area contributed by atoms with E-state index in [4.69, 9.17) is 24.0 Å². The Balaban J connectivity index is 1.59. The van der Waals surface area contributed by atoms with Gasteiger partial charge in [-0.25, -0.2) is 26.9 Å². The number of hydrogen-bond donors (Lipinski definition) is 2. The van der Waals surface area contributed by atoms with Gasteiger partial charge in [-0.1, -0.05) is 18.2 Å². The zero-order chi connectivity index (χ0) is 23.3. The van der Waals surface area contributed by atoms with Crippen molar-refractivity contribution in [3.05, 3.63) is 52.3 Å².